The van der Waals surface area contributed by atoms with Crippen LogP contribution in [0.3, 0.4) is 0 Å². The Morgan fingerprint density at radius 1 is 1.28 bits per heavy atom. The molecule has 2 aliphatic rings. The van der Waals surface area contributed by atoms with Gasteiger partial charge in [0.25, 0.3) is 11.8 Å². The second-order valence-electron chi connectivity index (χ2n) is 7.99. The van der Waals surface area contributed by atoms with Crippen LogP contribution in [0.5, 0.6) is 0 Å². The summed E-state index contributed by atoms with van der Waals surface area (Å²) in [6.07, 6.45) is 0.466. The number of aromatic nitrogens is 1. The third-order valence-corrected chi connectivity index (χ3v) is 6.52. The maximum Gasteiger partial charge on any atom is 0.273 e. The summed E-state index contributed by atoms with van der Waals surface area (Å²) < 4.78 is 0. The predicted molar refractivity (Wildman–Crippen MR) is 112 cm³/mol. The van der Waals surface area contributed by atoms with E-state index in [1.54, 1.807) is 29.2 Å². The molecule has 1 unspecified atom stereocenters. The van der Waals surface area contributed by atoms with Crippen molar-refractivity contribution in [3.05, 3.63) is 40.4 Å². The molecule has 1 aromatic carbocycles. The van der Waals surface area contributed by atoms with E-state index in [4.69, 9.17) is 0 Å². The van der Waals surface area contributed by atoms with Crippen LogP contribution in [0.15, 0.2) is 24.3 Å². The molecule has 152 valence electrons. The fourth-order valence-electron chi connectivity index (χ4n) is 4.12. The normalized spacial score (nSPS) is 20.9. The van der Waals surface area contributed by atoms with Gasteiger partial charge in [0, 0.05) is 24.3 Å². The van der Waals surface area contributed by atoms with Gasteiger partial charge in [-0.25, -0.2) is 4.98 Å². The summed E-state index contributed by atoms with van der Waals surface area (Å²) in [7, 11) is 0. The Morgan fingerprint density at radius 3 is 2.66 bits per heavy atom. The summed E-state index contributed by atoms with van der Waals surface area (Å²) in [4.78, 5) is 48.5. The lowest BCUT2D eigenvalue weighted by atomic mass is 9.94. The van der Waals surface area contributed by atoms with Crippen molar-refractivity contribution < 1.29 is 14.4 Å². The van der Waals surface area contributed by atoms with Crippen LogP contribution < -0.4 is 10.2 Å². The molecule has 0 saturated carbocycles. The third-order valence-electron chi connectivity index (χ3n) is 5.53. The summed E-state index contributed by atoms with van der Waals surface area (Å²) >= 11 is 1.39. The lowest BCUT2D eigenvalue weighted by molar-refractivity contribution is -0.129. The van der Waals surface area contributed by atoms with Crippen molar-refractivity contribution in [2.45, 2.75) is 46.2 Å². The number of amides is 3. The van der Waals surface area contributed by atoms with Gasteiger partial charge in [-0.2, -0.15) is 0 Å². The van der Waals surface area contributed by atoms with Gasteiger partial charge < -0.3 is 4.90 Å². The number of thiazole rings is 1. The van der Waals surface area contributed by atoms with Crippen LogP contribution in [0.25, 0.3) is 0 Å². The average Bonchev–Trinajstić information content (AvgIpc) is 3.18. The van der Waals surface area contributed by atoms with E-state index in [2.05, 4.69) is 10.3 Å². The third kappa shape index (κ3) is 2.93. The Hall–Kier alpha value is -2.74. The molecular formula is C21H24N4O3S. The van der Waals surface area contributed by atoms with Crippen molar-refractivity contribution in [1.29, 1.82) is 0 Å². The Bertz CT molecular complexity index is 996. The Morgan fingerprint density at radius 2 is 2.00 bits per heavy atom. The lowest BCUT2D eigenvalue weighted by Crippen LogP contribution is -2.69. The number of benzene rings is 1. The first-order valence-electron chi connectivity index (χ1n) is 9.75. The van der Waals surface area contributed by atoms with Crippen LogP contribution in [-0.2, 0) is 9.59 Å². The number of nitrogens with zero attached hydrogens (tertiary/aromatic N) is 3. The Balaban J connectivity index is 1.85. The number of nitrogens with one attached hydrogen (secondary N) is 1. The molecule has 1 aromatic heterocycles. The largest absolute Gasteiger partial charge is 0.307 e. The van der Waals surface area contributed by atoms with E-state index in [1.165, 1.54) is 16.2 Å². The summed E-state index contributed by atoms with van der Waals surface area (Å²) in [6, 6.07) is 7.01. The van der Waals surface area contributed by atoms with Crippen molar-refractivity contribution in [2.75, 3.05) is 16.8 Å². The molecule has 0 bridgehead atoms. The molecule has 0 aliphatic carbocycles. The number of aryl methyl sites for hydroxylation is 2. The van der Waals surface area contributed by atoms with Crippen LogP contribution in [0.4, 0.5) is 10.8 Å². The van der Waals surface area contributed by atoms with E-state index >= 15 is 0 Å². The van der Waals surface area contributed by atoms with Gasteiger partial charge >= 0.3 is 0 Å². The van der Waals surface area contributed by atoms with Gasteiger partial charge in [-0.05, 0) is 31.9 Å². The van der Waals surface area contributed by atoms with Gasteiger partial charge in [-0.1, -0.05) is 26.0 Å². The first-order chi connectivity index (χ1) is 13.8. The van der Waals surface area contributed by atoms with Crippen LogP contribution in [-0.4, -0.2) is 39.8 Å². The van der Waals surface area contributed by atoms with Gasteiger partial charge in [0.2, 0.25) is 11.6 Å². The summed E-state index contributed by atoms with van der Waals surface area (Å²) in [5.74, 6) is -0.626. The maximum atomic E-state index is 13.7. The van der Waals surface area contributed by atoms with E-state index in [1.807, 2.05) is 27.7 Å². The van der Waals surface area contributed by atoms with E-state index in [0.29, 0.717) is 22.9 Å². The van der Waals surface area contributed by atoms with Gasteiger partial charge in [0.15, 0.2) is 5.13 Å². The number of carbonyl (C=O) groups excluding carboxylic acids is 3. The number of hydrogen-bond acceptors (Lipinski definition) is 5. The number of hydrogen-bond donors (Lipinski definition) is 1. The number of fused-ring (bicyclic) bond motifs is 3. The molecule has 1 atom stereocenters. The SMILES string of the molecule is Cc1nc(NC(=O)C23CCC(=O)N2c2ccccc2C(=O)N3CC(C)C)sc1C. The molecule has 2 aliphatic heterocycles. The molecule has 3 amide bonds. The van der Waals surface area contributed by atoms with Crippen molar-refractivity contribution in [3.8, 4) is 0 Å². The fraction of sp³-hybridized carbons (Fsp3) is 0.429. The summed E-state index contributed by atoms with van der Waals surface area (Å²) in [5, 5.41) is 3.37. The maximum absolute atomic E-state index is 13.7. The Labute approximate surface area is 173 Å². The second kappa shape index (κ2) is 6.95. The average molecular weight is 413 g/mol. The van der Waals surface area contributed by atoms with E-state index in [0.717, 1.165) is 10.6 Å². The molecule has 7 nitrogen and oxygen atoms in total. The van der Waals surface area contributed by atoms with E-state index < -0.39 is 5.66 Å². The minimum atomic E-state index is -1.37. The first-order valence-corrected chi connectivity index (χ1v) is 10.6. The second-order valence-corrected chi connectivity index (χ2v) is 9.19. The summed E-state index contributed by atoms with van der Waals surface area (Å²) in [6.45, 7) is 8.19. The molecule has 1 fully saturated rings. The van der Waals surface area contributed by atoms with E-state index in [-0.39, 0.29) is 36.5 Å². The number of rotatable bonds is 4. The highest BCUT2D eigenvalue weighted by atomic mass is 32.1. The fourth-order valence-corrected chi connectivity index (χ4v) is 4.93. The smallest absolute Gasteiger partial charge is 0.273 e. The van der Waals surface area contributed by atoms with Crippen molar-refractivity contribution in [3.63, 3.8) is 0 Å². The number of anilines is 2. The molecule has 1 saturated heterocycles. The van der Waals surface area contributed by atoms with Gasteiger partial charge in [0.05, 0.1) is 16.9 Å². The molecule has 0 spiro atoms. The molecule has 4 rings (SSSR count). The number of para-hydroxylation sites is 1. The summed E-state index contributed by atoms with van der Waals surface area (Å²) in [5.41, 5.74) is 0.431. The highest BCUT2D eigenvalue weighted by Crippen LogP contribution is 2.45. The van der Waals surface area contributed by atoms with Crippen LogP contribution in [0.1, 0.15) is 47.6 Å². The molecular weight excluding hydrogens is 388 g/mol. The van der Waals surface area contributed by atoms with E-state index in [9.17, 15) is 14.4 Å². The first kappa shape index (κ1) is 19.6. The van der Waals surface area contributed by atoms with Gasteiger partial charge in [-0.3, -0.25) is 24.6 Å². The number of carbonyl (C=O) groups is 3. The zero-order chi connectivity index (χ0) is 20.9. The molecule has 2 aromatic rings. The highest BCUT2D eigenvalue weighted by Gasteiger charge is 2.60. The van der Waals surface area contributed by atoms with Crippen LogP contribution in [0, 0.1) is 19.8 Å². The highest BCUT2D eigenvalue weighted by molar-refractivity contribution is 7.15. The lowest BCUT2D eigenvalue weighted by Gasteiger charge is -2.49. The molecule has 29 heavy (non-hydrogen) atoms. The standard InChI is InChI=1S/C21H24N4O3S/c1-12(2)11-24-18(27)15-7-5-6-8-16(15)25-17(26)9-10-21(24,25)19(28)23-20-22-13(3)14(4)29-20/h5-8,12H,9-11H2,1-4H3,(H,22,23,28). The molecule has 3 heterocycles. The van der Waals surface area contributed by atoms with Crippen molar-refractivity contribution >= 4 is 39.9 Å². The zero-order valence-corrected chi connectivity index (χ0v) is 17.8. The topological polar surface area (TPSA) is 82.6 Å². The minimum Gasteiger partial charge on any atom is -0.307 e. The van der Waals surface area contributed by atoms with Gasteiger partial charge in [0.1, 0.15) is 0 Å². The molecule has 1 N–H and O–H groups in total. The van der Waals surface area contributed by atoms with Crippen LogP contribution >= 0.6 is 11.3 Å². The minimum absolute atomic E-state index is 0.135. The van der Waals surface area contributed by atoms with Crippen LogP contribution in [0.2, 0.25) is 0 Å². The van der Waals surface area contributed by atoms with Crippen molar-refractivity contribution in [2.24, 2.45) is 5.92 Å². The monoisotopic (exact) mass is 412 g/mol. The molecule has 0 radical (unpaired) electrons. The predicted octanol–water partition coefficient (Wildman–Crippen LogP) is 3.33. The van der Waals surface area contributed by atoms with Gasteiger partial charge in [-0.15, -0.1) is 11.3 Å². The molecule has 8 heteroatoms. The quantitative estimate of drug-likeness (QED) is 0.835. The van der Waals surface area contributed by atoms with Crippen molar-refractivity contribution in [1.82, 2.24) is 9.88 Å². The zero-order valence-electron chi connectivity index (χ0n) is 17.0. The Kier molecular flexibility index (Phi) is 4.69.